The molecule has 0 bridgehead atoms. The van der Waals surface area contributed by atoms with E-state index in [-0.39, 0.29) is 29.4 Å². The van der Waals surface area contributed by atoms with Crippen molar-refractivity contribution in [3.63, 3.8) is 0 Å². The zero-order valence-electron chi connectivity index (χ0n) is 26.4. The molecule has 3 aliphatic rings. The van der Waals surface area contributed by atoms with Crippen molar-refractivity contribution >= 4 is 39.2 Å². The van der Waals surface area contributed by atoms with Gasteiger partial charge in [-0.25, -0.2) is 4.39 Å². The molecule has 246 valence electrons. The molecule has 0 spiro atoms. The van der Waals surface area contributed by atoms with Crippen molar-refractivity contribution in [1.82, 2.24) is 30.0 Å². The number of H-pyrrole nitrogens is 1. The van der Waals surface area contributed by atoms with Gasteiger partial charge >= 0.3 is 6.01 Å². The highest BCUT2D eigenvalue weighted by Crippen LogP contribution is 2.41. The summed E-state index contributed by atoms with van der Waals surface area (Å²) in [7, 11) is 0. The van der Waals surface area contributed by atoms with Crippen LogP contribution >= 0.6 is 11.6 Å². The van der Waals surface area contributed by atoms with Gasteiger partial charge in [0.25, 0.3) is 0 Å². The van der Waals surface area contributed by atoms with Gasteiger partial charge in [0.1, 0.15) is 29.2 Å². The average molecular weight is 654 g/mol. The Morgan fingerprint density at radius 1 is 1.13 bits per heavy atom. The summed E-state index contributed by atoms with van der Waals surface area (Å²) < 4.78 is 35.1. The van der Waals surface area contributed by atoms with Gasteiger partial charge < -0.3 is 24.2 Å². The number of ether oxygens (including phenoxy) is 3. The highest BCUT2D eigenvalue weighted by molar-refractivity contribution is 6.33. The molecule has 4 aromatic rings. The molecule has 1 atom stereocenters. The Bertz CT molecular complexity index is 1720. The van der Waals surface area contributed by atoms with Gasteiger partial charge in [-0.05, 0) is 70.2 Å². The van der Waals surface area contributed by atoms with Crippen LogP contribution in [0.4, 0.5) is 10.2 Å². The van der Waals surface area contributed by atoms with Crippen molar-refractivity contribution < 1.29 is 23.7 Å². The van der Waals surface area contributed by atoms with Crippen LogP contribution in [0.15, 0.2) is 18.5 Å². The summed E-state index contributed by atoms with van der Waals surface area (Å²) in [6.07, 6.45) is 8.78. The maximum atomic E-state index is 17.1. The fraction of sp³-hybridized carbons (Fsp3) is 0.576. The van der Waals surface area contributed by atoms with Gasteiger partial charge in [-0.2, -0.15) is 15.1 Å². The topological polar surface area (TPSA) is 122 Å². The van der Waals surface area contributed by atoms with Gasteiger partial charge in [0.05, 0.1) is 49.0 Å². The van der Waals surface area contributed by atoms with E-state index in [2.05, 4.69) is 15.1 Å². The van der Waals surface area contributed by atoms with Crippen molar-refractivity contribution in [3.05, 3.63) is 34.9 Å². The third-order valence-electron chi connectivity index (χ3n) is 10.1. The average Bonchev–Trinajstić information content (AvgIpc) is 3.81. The Morgan fingerprint density at radius 3 is 2.72 bits per heavy atom. The summed E-state index contributed by atoms with van der Waals surface area (Å²) in [5, 5.41) is 19.1. The number of hydrogen-bond acceptors (Lipinski definition) is 10. The predicted octanol–water partition coefficient (Wildman–Crippen LogP) is 4.92. The molecule has 1 aromatic carbocycles. The lowest BCUT2D eigenvalue weighted by atomic mass is 9.95. The largest absolute Gasteiger partial charge is 0.461 e. The number of nitrogens with zero attached hydrogens (tertiary/aromatic N) is 6. The number of aromatic nitrogens is 5. The number of aromatic amines is 1. The van der Waals surface area contributed by atoms with Crippen LogP contribution in [0.1, 0.15) is 51.5 Å². The van der Waals surface area contributed by atoms with E-state index >= 15 is 4.39 Å². The summed E-state index contributed by atoms with van der Waals surface area (Å²) in [4.78, 5) is 18.8. The van der Waals surface area contributed by atoms with E-state index in [1.165, 1.54) is 0 Å². The monoisotopic (exact) mass is 653 g/mol. The summed E-state index contributed by atoms with van der Waals surface area (Å²) in [5.41, 5.74) is 1.42. The molecule has 0 aliphatic carbocycles. The first-order valence-electron chi connectivity index (χ1n) is 16.4. The number of pyridine rings is 1. The molecule has 11 nitrogen and oxygen atoms in total. The van der Waals surface area contributed by atoms with Crippen LogP contribution in [0.25, 0.3) is 33.1 Å². The van der Waals surface area contributed by atoms with E-state index in [0.717, 1.165) is 44.3 Å². The van der Waals surface area contributed by atoms with Gasteiger partial charge in [-0.15, -0.1) is 0 Å². The Hall–Kier alpha value is -3.16. The lowest BCUT2D eigenvalue weighted by molar-refractivity contribution is -0.0894. The molecular weight excluding hydrogens is 613 g/mol. The normalized spacial score (nSPS) is 21.5. The van der Waals surface area contributed by atoms with Crippen molar-refractivity contribution in [2.75, 3.05) is 64.1 Å². The predicted molar refractivity (Wildman–Crippen MR) is 174 cm³/mol. The fourth-order valence-electron chi connectivity index (χ4n) is 7.54. The van der Waals surface area contributed by atoms with Crippen LogP contribution in [0.3, 0.4) is 0 Å². The third-order valence-corrected chi connectivity index (χ3v) is 10.5. The van der Waals surface area contributed by atoms with Crippen LogP contribution in [0.2, 0.25) is 5.02 Å². The Morgan fingerprint density at radius 2 is 1.96 bits per heavy atom. The maximum absolute atomic E-state index is 17.1. The number of hydrogen-bond donors (Lipinski definition) is 2. The SMILES string of the molecule is CCOCCc1c(Cl)cc2[nH]ncc2c1-c1ncc2c(N3CCOC(CC)(CO)C3)nc(OCC34CCCN3CCC4)nc2c1F. The lowest BCUT2D eigenvalue weighted by Gasteiger charge is -2.42. The molecular formula is C33H41ClFN7O4. The van der Waals surface area contributed by atoms with E-state index in [1.54, 1.807) is 18.5 Å². The number of halogens is 2. The van der Waals surface area contributed by atoms with Gasteiger partial charge in [-0.3, -0.25) is 15.0 Å². The zero-order chi connectivity index (χ0) is 31.9. The number of benzene rings is 1. The summed E-state index contributed by atoms with van der Waals surface area (Å²) in [6, 6.07) is 1.93. The fourth-order valence-corrected chi connectivity index (χ4v) is 7.84. The molecule has 46 heavy (non-hydrogen) atoms. The molecule has 0 saturated carbocycles. The molecule has 3 aromatic heterocycles. The second-order valence-corrected chi connectivity index (χ2v) is 13.1. The molecule has 0 amide bonds. The van der Waals surface area contributed by atoms with Gasteiger partial charge in [0.2, 0.25) is 0 Å². The Labute approximate surface area is 272 Å². The van der Waals surface area contributed by atoms with Crippen molar-refractivity contribution in [1.29, 1.82) is 0 Å². The first kappa shape index (κ1) is 31.4. The highest BCUT2D eigenvalue weighted by atomic mass is 35.5. The van der Waals surface area contributed by atoms with Gasteiger partial charge in [0.15, 0.2) is 5.82 Å². The third kappa shape index (κ3) is 5.47. The minimum absolute atomic E-state index is 0.0310. The number of anilines is 1. The smallest absolute Gasteiger partial charge is 0.319 e. The first-order chi connectivity index (χ1) is 22.4. The van der Waals surface area contributed by atoms with E-state index in [4.69, 9.17) is 40.8 Å². The second kappa shape index (κ2) is 12.8. The van der Waals surface area contributed by atoms with Crippen LogP contribution in [0.5, 0.6) is 6.01 Å². The van der Waals surface area contributed by atoms with Crippen LogP contribution in [0, 0.1) is 5.82 Å². The molecule has 1 unspecified atom stereocenters. The van der Waals surface area contributed by atoms with E-state index in [0.29, 0.717) is 85.1 Å². The Balaban J connectivity index is 1.36. The summed E-state index contributed by atoms with van der Waals surface area (Å²) in [6.45, 7) is 8.64. The Kier molecular flexibility index (Phi) is 8.75. The number of rotatable bonds is 11. The number of fused-ring (bicyclic) bond motifs is 3. The van der Waals surface area contributed by atoms with Crippen molar-refractivity contribution in [2.45, 2.75) is 63.5 Å². The first-order valence-corrected chi connectivity index (χ1v) is 16.7. The van der Waals surface area contributed by atoms with E-state index < -0.39 is 11.4 Å². The maximum Gasteiger partial charge on any atom is 0.319 e. The van der Waals surface area contributed by atoms with Gasteiger partial charge in [-0.1, -0.05) is 18.5 Å². The van der Waals surface area contributed by atoms with Crippen LogP contribution in [-0.4, -0.2) is 106 Å². The standard InChI is InChI=1S/C33H41ClFN7O4/c1-3-33(19-43)18-41(12-14-46-33)30-23-16-36-29(26-21(7-13-44-4-2)24(34)15-25-22(26)17-37-40-25)27(35)28(23)38-31(39-30)45-20-32-8-5-10-42(32)11-6-9-32/h15-17,43H,3-14,18-20H2,1-2H3,(H,37,40). The molecule has 6 heterocycles. The quantitative estimate of drug-likeness (QED) is 0.216. The van der Waals surface area contributed by atoms with E-state index in [1.807, 2.05) is 18.7 Å². The minimum Gasteiger partial charge on any atom is -0.461 e. The molecule has 13 heteroatoms. The lowest BCUT2D eigenvalue weighted by Crippen LogP contribution is -2.54. The number of nitrogens with one attached hydrogen (secondary N) is 1. The zero-order valence-corrected chi connectivity index (χ0v) is 27.2. The van der Waals surface area contributed by atoms with Crippen LogP contribution < -0.4 is 9.64 Å². The second-order valence-electron chi connectivity index (χ2n) is 12.7. The number of aliphatic hydroxyl groups is 1. The summed E-state index contributed by atoms with van der Waals surface area (Å²) >= 11 is 6.78. The molecule has 3 fully saturated rings. The molecule has 2 N–H and O–H groups in total. The molecule has 0 radical (unpaired) electrons. The van der Waals surface area contributed by atoms with Crippen LogP contribution in [-0.2, 0) is 15.9 Å². The van der Waals surface area contributed by atoms with Gasteiger partial charge in [0, 0.05) is 35.3 Å². The highest BCUT2D eigenvalue weighted by Gasteiger charge is 2.45. The molecule has 3 aliphatic heterocycles. The number of aliphatic hydroxyl groups excluding tert-OH is 1. The number of morpholine rings is 1. The molecule has 7 rings (SSSR count). The molecule has 3 saturated heterocycles. The van der Waals surface area contributed by atoms with Crippen molar-refractivity contribution in [3.8, 4) is 17.3 Å². The minimum atomic E-state index is -0.751. The van der Waals surface area contributed by atoms with Crippen molar-refractivity contribution in [2.24, 2.45) is 0 Å². The van der Waals surface area contributed by atoms with E-state index in [9.17, 15) is 5.11 Å². The summed E-state index contributed by atoms with van der Waals surface area (Å²) in [5.74, 6) is -0.0806.